The monoisotopic (exact) mass is 940 g/mol. The zero-order valence-corrected chi connectivity index (χ0v) is 38.0. The molecule has 0 aromatic heterocycles. The topological polar surface area (TPSA) is 161 Å². The van der Waals surface area contributed by atoms with Crippen LogP contribution in [0.1, 0.15) is 73.8 Å². The van der Waals surface area contributed by atoms with E-state index in [0.29, 0.717) is 0 Å². The number of alkyl carbamates (subject to hydrolysis) is 1. The first-order valence-corrected chi connectivity index (χ1v) is 22.3. The molecule has 0 fully saturated rings. The number of amides is 4. The van der Waals surface area contributed by atoms with Crippen molar-refractivity contribution in [2.24, 2.45) is 0 Å². The van der Waals surface area contributed by atoms with Gasteiger partial charge in [-0.05, 0) is 90.4 Å². The summed E-state index contributed by atoms with van der Waals surface area (Å²) >= 11 is 0. The lowest BCUT2D eigenvalue weighted by Crippen LogP contribution is -2.54. The molecule has 69 heavy (non-hydrogen) atoms. The van der Waals surface area contributed by atoms with E-state index >= 15 is 0 Å². The van der Waals surface area contributed by atoms with Gasteiger partial charge in [0.2, 0.25) is 17.7 Å². The van der Waals surface area contributed by atoms with Crippen LogP contribution in [0.15, 0.2) is 164 Å². The predicted molar refractivity (Wildman–Crippen MR) is 253 cm³/mol. The Labute approximate surface area is 397 Å². The molecule has 15 heteroatoms. The van der Waals surface area contributed by atoms with Gasteiger partial charge in [0, 0.05) is 18.0 Å². The van der Waals surface area contributed by atoms with Gasteiger partial charge in [0.1, 0.15) is 35.6 Å². The van der Waals surface area contributed by atoms with Crippen LogP contribution in [-0.4, -0.2) is 60.4 Å². The molecule has 0 saturated heterocycles. The molecule has 7 rings (SSSR count). The number of anilines is 1. The number of hydrogen-bond donors (Lipinski definition) is 4. The summed E-state index contributed by atoms with van der Waals surface area (Å²) in [5.74, 6) is -4.07. The summed E-state index contributed by atoms with van der Waals surface area (Å²) in [6.07, 6.45) is -7.32. The summed E-state index contributed by atoms with van der Waals surface area (Å²) in [6, 6.07) is 44.6. The molecule has 0 unspecified atom stereocenters. The van der Waals surface area contributed by atoms with Gasteiger partial charge in [0.05, 0.1) is 6.42 Å². The van der Waals surface area contributed by atoms with Crippen molar-refractivity contribution in [3.05, 3.63) is 192 Å². The second-order valence-electron chi connectivity index (χ2n) is 17.4. The van der Waals surface area contributed by atoms with Crippen molar-refractivity contribution in [3.8, 4) is 16.9 Å². The van der Waals surface area contributed by atoms with E-state index in [4.69, 9.17) is 9.47 Å². The van der Waals surface area contributed by atoms with Crippen molar-refractivity contribution in [1.29, 1.82) is 0 Å². The van der Waals surface area contributed by atoms with Crippen LogP contribution in [0.4, 0.5) is 23.7 Å². The fourth-order valence-corrected chi connectivity index (χ4v) is 8.38. The molecule has 2 atom stereocenters. The summed E-state index contributed by atoms with van der Waals surface area (Å²) in [7, 11) is 0. The van der Waals surface area contributed by atoms with Gasteiger partial charge in [0.15, 0.2) is 0 Å². The highest BCUT2D eigenvalue weighted by atomic mass is 19.4. The average Bonchev–Trinajstić information content (AvgIpc) is 3.64. The minimum atomic E-state index is -4.95. The molecule has 0 spiro atoms. The van der Waals surface area contributed by atoms with Gasteiger partial charge in [0.25, 0.3) is 0 Å². The minimum absolute atomic E-state index is 0.0385. The van der Waals surface area contributed by atoms with Crippen molar-refractivity contribution < 1.29 is 51.4 Å². The Hall–Kier alpha value is -7.94. The Balaban J connectivity index is 1.14. The summed E-state index contributed by atoms with van der Waals surface area (Å²) in [4.78, 5) is 69.8. The molecule has 0 heterocycles. The number of hydrogen-bond acceptors (Lipinski definition) is 8. The maximum atomic E-state index is 14.4. The van der Waals surface area contributed by atoms with Crippen LogP contribution in [0.25, 0.3) is 11.1 Å². The van der Waals surface area contributed by atoms with E-state index in [1.807, 2.05) is 140 Å². The number of esters is 1. The lowest BCUT2D eigenvalue weighted by atomic mass is 9.77. The molecular formula is C54H51F3N4O8. The van der Waals surface area contributed by atoms with E-state index < -0.39 is 71.5 Å². The van der Waals surface area contributed by atoms with Crippen LogP contribution in [0.5, 0.6) is 5.75 Å². The van der Waals surface area contributed by atoms with Gasteiger partial charge in [-0.1, -0.05) is 140 Å². The number of carbonyl (C=O) groups is 5. The van der Waals surface area contributed by atoms with Crippen molar-refractivity contribution >= 4 is 35.5 Å². The SMILES string of the molecule is CC(C)(C)OC(=O)C[C@H](NC(=O)OCC1c2ccccc2-c2ccccc21)C(=O)N[C@@H](CCC(=O)NC(c1ccccc1)(c1ccccc1)c1ccccc1)C(=O)Nc1ccc(OC(F)(F)F)cc1. The number of alkyl halides is 3. The van der Waals surface area contributed by atoms with E-state index in [1.165, 1.54) is 12.1 Å². The van der Waals surface area contributed by atoms with E-state index in [-0.39, 0.29) is 31.1 Å². The second-order valence-corrected chi connectivity index (χ2v) is 17.4. The van der Waals surface area contributed by atoms with Crippen LogP contribution in [0.2, 0.25) is 0 Å². The number of halogens is 3. The van der Waals surface area contributed by atoms with Crippen LogP contribution in [-0.2, 0) is 34.2 Å². The van der Waals surface area contributed by atoms with Crippen LogP contribution in [0.3, 0.4) is 0 Å². The fraction of sp³-hybridized carbons (Fsp3) is 0.241. The zero-order valence-electron chi connectivity index (χ0n) is 38.0. The summed E-state index contributed by atoms with van der Waals surface area (Å²) < 4.78 is 53.9. The lowest BCUT2D eigenvalue weighted by Gasteiger charge is -2.37. The maximum absolute atomic E-state index is 14.4. The number of fused-ring (bicyclic) bond motifs is 3. The maximum Gasteiger partial charge on any atom is 0.573 e. The van der Waals surface area contributed by atoms with Gasteiger partial charge in [-0.3, -0.25) is 19.2 Å². The molecule has 4 amide bonds. The van der Waals surface area contributed by atoms with Gasteiger partial charge < -0.3 is 35.5 Å². The molecule has 0 aliphatic heterocycles. The smallest absolute Gasteiger partial charge is 0.460 e. The Morgan fingerprint density at radius 2 is 1.09 bits per heavy atom. The largest absolute Gasteiger partial charge is 0.573 e. The molecular weight excluding hydrogens is 890 g/mol. The Kier molecular flexibility index (Phi) is 15.2. The lowest BCUT2D eigenvalue weighted by molar-refractivity contribution is -0.274. The molecule has 1 aliphatic carbocycles. The zero-order chi connectivity index (χ0) is 49.2. The number of benzene rings is 6. The number of ether oxygens (including phenoxy) is 3. The molecule has 1 aliphatic rings. The van der Waals surface area contributed by atoms with Crippen LogP contribution in [0, 0.1) is 0 Å². The standard InChI is InChI=1S/C54H51F3N4O8/c1-52(2,3)69-48(63)33-46(60-51(66)67-34-44-42-25-15-13-23-40(42)41-24-14-16-26-43(41)44)50(65)59-45(49(64)58-38-27-29-39(30-28-38)68-54(55,56)57)31-32-47(62)61-53(35-17-7-4-8-18-35,36-19-9-5-10-20-36)37-21-11-6-12-22-37/h4-30,44-46H,31-34H2,1-3H3,(H,58,64)(H,59,65)(H,60,66)(H,61,62)/t45-,46-/m0/s1. The normalized spacial score (nSPS) is 13.1. The van der Waals surface area contributed by atoms with Gasteiger partial charge >= 0.3 is 18.4 Å². The van der Waals surface area contributed by atoms with Gasteiger partial charge in [-0.15, -0.1) is 13.2 Å². The molecule has 12 nitrogen and oxygen atoms in total. The Morgan fingerprint density at radius 1 is 0.594 bits per heavy atom. The van der Waals surface area contributed by atoms with Crippen molar-refractivity contribution in [1.82, 2.24) is 16.0 Å². The second kappa shape index (κ2) is 21.3. The molecule has 6 aromatic carbocycles. The fourth-order valence-electron chi connectivity index (χ4n) is 8.38. The third-order valence-electron chi connectivity index (χ3n) is 11.3. The highest BCUT2D eigenvalue weighted by Gasteiger charge is 2.39. The number of carbonyl (C=O) groups excluding carboxylic acids is 5. The summed E-state index contributed by atoms with van der Waals surface area (Å²) in [6.45, 7) is 4.79. The average molecular weight is 941 g/mol. The quantitative estimate of drug-likeness (QED) is 0.0520. The first-order valence-electron chi connectivity index (χ1n) is 22.3. The highest BCUT2D eigenvalue weighted by molar-refractivity contribution is 5.99. The molecule has 0 bridgehead atoms. The first-order chi connectivity index (χ1) is 33.0. The van der Waals surface area contributed by atoms with Crippen molar-refractivity contribution in [3.63, 3.8) is 0 Å². The summed E-state index contributed by atoms with van der Waals surface area (Å²) in [5.41, 5.74) is 3.96. The molecule has 6 aromatic rings. The van der Waals surface area contributed by atoms with Crippen LogP contribution < -0.4 is 26.0 Å². The molecule has 356 valence electrons. The van der Waals surface area contributed by atoms with E-state index in [2.05, 4.69) is 26.0 Å². The Morgan fingerprint density at radius 3 is 1.58 bits per heavy atom. The van der Waals surface area contributed by atoms with E-state index in [0.717, 1.165) is 51.1 Å². The van der Waals surface area contributed by atoms with E-state index in [1.54, 1.807) is 20.8 Å². The third-order valence-corrected chi connectivity index (χ3v) is 11.3. The van der Waals surface area contributed by atoms with Crippen molar-refractivity contribution in [2.75, 3.05) is 11.9 Å². The minimum Gasteiger partial charge on any atom is -0.460 e. The van der Waals surface area contributed by atoms with Crippen molar-refractivity contribution in [2.45, 2.75) is 75.5 Å². The number of rotatable bonds is 17. The highest BCUT2D eigenvalue weighted by Crippen LogP contribution is 2.44. The van der Waals surface area contributed by atoms with Gasteiger partial charge in [-0.2, -0.15) is 0 Å². The molecule has 0 radical (unpaired) electrons. The van der Waals surface area contributed by atoms with Crippen LogP contribution >= 0.6 is 0 Å². The Bertz CT molecular complexity index is 2610. The number of nitrogens with one attached hydrogen (secondary N) is 4. The first kappa shape index (κ1) is 49.0. The molecule has 0 saturated carbocycles. The summed E-state index contributed by atoms with van der Waals surface area (Å²) in [5, 5.41) is 10.9. The predicted octanol–water partition coefficient (Wildman–Crippen LogP) is 9.54. The van der Waals surface area contributed by atoms with E-state index in [9.17, 15) is 37.1 Å². The van der Waals surface area contributed by atoms with Gasteiger partial charge in [-0.25, -0.2) is 4.79 Å². The third kappa shape index (κ3) is 12.5. The molecule has 4 N–H and O–H groups in total.